The molecule has 1 rings (SSSR count). The lowest BCUT2D eigenvalue weighted by Crippen LogP contribution is -2.31. The first-order valence-corrected chi connectivity index (χ1v) is 7.25. The number of esters is 1. The van der Waals surface area contributed by atoms with E-state index in [0.717, 1.165) is 19.2 Å². The number of carboxylic acids is 1. The largest absolute Gasteiger partial charge is 0.478 e. The van der Waals surface area contributed by atoms with E-state index in [9.17, 15) is 22.4 Å². The van der Waals surface area contributed by atoms with Crippen LogP contribution in [0, 0.1) is 5.82 Å². The summed E-state index contributed by atoms with van der Waals surface area (Å²) in [5, 5.41) is 8.79. The molecule has 0 saturated carbocycles. The third-order valence-electron chi connectivity index (χ3n) is 2.16. The number of ether oxygens (including phenoxy) is 1. The Bertz CT molecular complexity index is 660. The Morgan fingerprint density at radius 1 is 1.45 bits per heavy atom. The number of hydrogen-bond donors (Lipinski definition) is 2. The lowest BCUT2D eigenvalue weighted by atomic mass is 10.2. The van der Waals surface area contributed by atoms with Crippen LogP contribution in [-0.2, 0) is 19.6 Å². The van der Waals surface area contributed by atoms with E-state index in [2.05, 4.69) is 20.7 Å². The van der Waals surface area contributed by atoms with Gasteiger partial charge in [-0.2, -0.15) is 4.72 Å². The van der Waals surface area contributed by atoms with Crippen molar-refractivity contribution in [3.05, 3.63) is 28.0 Å². The number of methoxy groups -OCH3 is 1. The van der Waals surface area contributed by atoms with Crippen molar-refractivity contribution >= 4 is 37.9 Å². The molecule has 1 aromatic carbocycles. The van der Waals surface area contributed by atoms with Gasteiger partial charge in [0.2, 0.25) is 10.0 Å². The van der Waals surface area contributed by atoms with E-state index in [-0.39, 0.29) is 4.47 Å². The Hall–Kier alpha value is -1.52. The summed E-state index contributed by atoms with van der Waals surface area (Å²) in [5.41, 5.74) is -0.808. The fraction of sp³-hybridized carbons (Fsp3) is 0.200. The van der Waals surface area contributed by atoms with Gasteiger partial charge in [0.05, 0.1) is 12.7 Å². The first-order valence-electron chi connectivity index (χ1n) is 4.98. The Morgan fingerprint density at radius 3 is 2.55 bits per heavy atom. The number of carbonyl (C=O) groups is 2. The van der Waals surface area contributed by atoms with Gasteiger partial charge in [0.15, 0.2) is 5.82 Å². The summed E-state index contributed by atoms with van der Waals surface area (Å²) in [7, 11) is -3.34. The fourth-order valence-electron chi connectivity index (χ4n) is 1.22. The van der Waals surface area contributed by atoms with E-state index < -0.39 is 44.8 Å². The fourth-order valence-corrected chi connectivity index (χ4v) is 2.92. The van der Waals surface area contributed by atoms with Gasteiger partial charge in [-0.25, -0.2) is 17.6 Å². The number of benzene rings is 1. The molecule has 0 aliphatic heterocycles. The highest BCUT2D eigenvalue weighted by Crippen LogP contribution is 2.24. The standard InChI is InChI=1S/C10H9BrFNO6S/c1-19-8(14)4-13-20(17,18)7-3-5(11)2-6(9(7)12)10(15)16/h2-3,13H,4H2,1H3,(H,15,16). The molecule has 0 atom stereocenters. The van der Waals surface area contributed by atoms with Crippen molar-refractivity contribution in [3.8, 4) is 0 Å². The number of rotatable bonds is 5. The Morgan fingerprint density at radius 2 is 2.05 bits per heavy atom. The van der Waals surface area contributed by atoms with Gasteiger partial charge in [-0.3, -0.25) is 4.79 Å². The normalized spacial score (nSPS) is 11.2. The monoisotopic (exact) mass is 369 g/mol. The number of carboxylic acid groups (broad SMARTS) is 1. The molecule has 0 amide bonds. The number of halogens is 2. The molecule has 1 aromatic rings. The van der Waals surface area contributed by atoms with Gasteiger partial charge in [-0.15, -0.1) is 0 Å². The van der Waals surface area contributed by atoms with Crippen LogP contribution in [0.25, 0.3) is 0 Å². The van der Waals surface area contributed by atoms with Crippen molar-refractivity contribution in [2.24, 2.45) is 0 Å². The average molecular weight is 370 g/mol. The number of hydrogen-bond acceptors (Lipinski definition) is 5. The molecule has 0 spiro atoms. The van der Waals surface area contributed by atoms with Gasteiger partial charge < -0.3 is 9.84 Å². The summed E-state index contributed by atoms with van der Waals surface area (Å²) in [6.07, 6.45) is 0. The molecule has 110 valence electrons. The Balaban J connectivity index is 3.25. The minimum absolute atomic E-state index is 0.0646. The van der Waals surface area contributed by atoms with E-state index in [1.54, 1.807) is 4.72 Å². The first kappa shape index (κ1) is 16.5. The number of aromatic carboxylic acids is 1. The van der Waals surface area contributed by atoms with Crippen LogP contribution in [0.3, 0.4) is 0 Å². The van der Waals surface area contributed by atoms with Crippen molar-refractivity contribution in [1.82, 2.24) is 4.72 Å². The molecule has 0 radical (unpaired) electrons. The highest BCUT2D eigenvalue weighted by Gasteiger charge is 2.25. The van der Waals surface area contributed by atoms with Crippen LogP contribution in [0.1, 0.15) is 10.4 Å². The second-order valence-corrected chi connectivity index (χ2v) is 6.12. The lowest BCUT2D eigenvalue weighted by Gasteiger charge is -2.09. The van der Waals surface area contributed by atoms with Gasteiger partial charge in [-0.1, -0.05) is 15.9 Å². The molecule has 7 nitrogen and oxygen atoms in total. The summed E-state index contributed by atoms with van der Waals surface area (Å²) in [6.45, 7) is -0.701. The first-order chi connectivity index (χ1) is 9.19. The minimum atomic E-state index is -4.39. The molecule has 0 saturated heterocycles. The van der Waals surface area contributed by atoms with Crippen molar-refractivity contribution in [2.75, 3.05) is 13.7 Å². The Kier molecular flexibility index (Phi) is 5.20. The van der Waals surface area contributed by atoms with Gasteiger partial charge in [-0.05, 0) is 12.1 Å². The van der Waals surface area contributed by atoms with Crippen LogP contribution in [-0.4, -0.2) is 39.1 Å². The second-order valence-electron chi connectivity index (χ2n) is 3.47. The maximum Gasteiger partial charge on any atom is 0.338 e. The average Bonchev–Trinajstić information content (AvgIpc) is 2.37. The topological polar surface area (TPSA) is 110 Å². The third-order valence-corrected chi connectivity index (χ3v) is 4.02. The van der Waals surface area contributed by atoms with Crippen LogP contribution in [0.4, 0.5) is 4.39 Å². The summed E-state index contributed by atoms with van der Waals surface area (Å²) >= 11 is 2.89. The summed E-state index contributed by atoms with van der Waals surface area (Å²) in [5.74, 6) is -3.91. The Labute approximate surface area is 121 Å². The maximum absolute atomic E-state index is 13.9. The number of nitrogens with one attached hydrogen (secondary N) is 1. The van der Waals surface area contributed by atoms with Crippen molar-refractivity contribution < 1.29 is 32.2 Å². The molecule has 0 fully saturated rings. The van der Waals surface area contributed by atoms with Crippen LogP contribution in [0.5, 0.6) is 0 Å². The molecule has 0 aliphatic rings. The molecule has 0 heterocycles. The molecule has 0 bridgehead atoms. The van der Waals surface area contributed by atoms with Crippen LogP contribution < -0.4 is 4.72 Å². The predicted octanol–water partition coefficient (Wildman–Crippen LogP) is 0.738. The predicted molar refractivity (Wildman–Crippen MR) is 68.3 cm³/mol. The smallest absolute Gasteiger partial charge is 0.338 e. The molecule has 2 N–H and O–H groups in total. The van der Waals surface area contributed by atoms with Gasteiger partial charge in [0.25, 0.3) is 0 Å². The molecule has 0 aliphatic carbocycles. The summed E-state index contributed by atoms with van der Waals surface area (Å²) in [6, 6.07) is 1.82. The van der Waals surface area contributed by atoms with Crippen LogP contribution in [0.2, 0.25) is 0 Å². The van der Waals surface area contributed by atoms with E-state index >= 15 is 0 Å². The maximum atomic E-state index is 13.9. The molecule has 0 aromatic heterocycles. The quantitative estimate of drug-likeness (QED) is 0.740. The molecule has 0 unspecified atom stereocenters. The molecule has 10 heteroatoms. The zero-order valence-corrected chi connectivity index (χ0v) is 12.4. The number of carbonyl (C=O) groups excluding carboxylic acids is 1. The molecular weight excluding hydrogens is 361 g/mol. The second kappa shape index (κ2) is 6.29. The zero-order valence-electron chi connectivity index (χ0n) is 10.0. The summed E-state index contributed by atoms with van der Waals surface area (Å²) < 4.78 is 43.6. The molecular formula is C10H9BrFNO6S. The van der Waals surface area contributed by atoms with Crippen molar-refractivity contribution in [3.63, 3.8) is 0 Å². The van der Waals surface area contributed by atoms with Crippen LogP contribution >= 0.6 is 15.9 Å². The highest BCUT2D eigenvalue weighted by atomic mass is 79.9. The van der Waals surface area contributed by atoms with Gasteiger partial charge in [0, 0.05) is 4.47 Å². The lowest BCUT2D eigenvalue weighted by molar-refractivity contribution is -0.139. The minimum Gasteiger partial charge on any atom is -0.478 e. The SMILES string of the molecule is COC(=O)CNS(=O)(=O)c1cc(Br)cc(C(=O)O)c1F. The van der Waals surface area contributed by atoms with Crippen molar-refractivity contribution in [2.45, 2.75) is 4.90 Å². The van der Waals surface area contributed by atoms with Crippen LogP contribution in [0.15, 0.2) is 21.5 Å². The van der Waals surface area contributed by atoms with Crippen molar-refractivity contribution in [1.29, 1.82) is 0 Å². The van der Waals surface area contributed by atoms with E-state index in [0.29, 0.717) is 0 Å². The zero-order chi connectivity index (χ0) is 15.5. The summed E-state index contributed by atoms with van der Waals surface area (Å²) in [4.78, 5) is 20.8. The van der Waals surface area contributed by atoms with E-state index in [4.69, 9.17) is 5.11 Å². The number of sulfonamides is 1. The van der Waals surface area contributed by atoms with E-state index in [1.807, 2.05) is 0 Å². The van der Waals surface area contributed by atoms with Gasteiger partial charge in [0.1, 0.15) is 11.4 Å². The molecule has 20 heavy (non-hydrogen) atoms. The third kappa shape index (κ3) is 3.74. The highest BCUT2D eigenvalue weighted by molar-refractivity contribution is 9.10. The van der Waals surface area contributed by atoms with Gasteiger partial charge >= 0.3 is 11.9 Å². The van der Waals surface area contributed by atoms with E-state index in [1.165, 1.54) is 0 Å².